The van der Waals surface area contributed by atoms with Crippen LogP contribution in [-0.4, -0.2) is 12.5 Å². The van der Waals surface area contributed by atoms with E-state index in [1.54, 1.807) is 24.3 Å². The largest absolute Gasteiger partial charge is 0.482 e. The zero-order valence-electron chi connectivity index (χ0n) is 10.8. The third kappa shape index (κ3) is 4.29. The molecule has 2 rings (SSSR count). The second-order valence-electron chi connectivity index (χ2n) is 4.10. The number of halogens is 2. The maximum absolute atomic E-state index is 13.1. The summed E-state index contributed by atoms with van der Waals surface area (Å²) in [6, 6.07) is 12.4. The zero-order chi connectivity index (χ0) is 15.2. The number of nitriles is 1. The van der Waals surface area contributed by atoms with Crippen molar-refractivity contribution in [1.82, 2.24) is 0 Å². The van der Waals surface area contributed by atoms with Crippen LogP contribution in [0.15, 0.2) is 46.9 Å². The van der Waals surface area contributed by atoms with E-state index in [-0.39, 0.29) is 18.3 Å². The highest BCUT2D eigenvalue weighted by molar-refractivity contribution is 9.10. The van der Waals surface area contributed by atoms with Crippen molar-refractivity contribution in [2.45, 2.75) is 0 Å². The Bertz CT molecular complexity index is 696. The molecule has 0 aliphatic heterocycles. The number of anilines is 1. The van der Waals surface area contributed by atoms with Gasteiger partial charge in [0, 0.05) is 11.8 Å². The number of ether oxygens (including phenoxy) is 1. The summed E-state index contributed by atoms with van der Waals surface area (Å²) in [5, 5.41) is 11.3. The van der Waals surface area contributed by atoms with E-state index >= 15 is 0 Å². The summed E-state index contributed by atoms with van der Waals surface area (Å²) < 4.78 is 18.9. The molecule has 0 radical (unpaired) electrons. The van der Waals surface area contributed by atoms with Gasteiger partial charge in [-0.15, -0.1) is 0 Å². The molecule has 0 aliphatic rings. The maximum Gasteiger partial charge on any atom is 0.262 e. The van der Waals surface area contributed by atoms with E-state index in [1.807, 2.05) is 6.07 Å². The van der Waals surface area contributed by atoms with E-state index in [0.717, 1.165) is 0 Å². The summed E-state index contributed by atoms with van der Waals surface area (Å²) in [5.74, 6) is -0.568. The molecule has 1 amide bonds. The fraction of sp³-hybridized carbons (Fsp3) is 0.0667. The molecule has 106 valence electrons. The summed E-state index contributed by atoms with van der Waals surface area (Å²) in [4.78, 5) is 11.7. The van der Waals surface area contributed by atoms with Gasteiger partial charge in [-0.2, -0.15) is 5.26 Å². The Morgan fingerprint density at radius 1 is 1.29 bits per heavy atom. The van der Waals surface area contributed by atoms with E-state index in [2.05, 4.69) is 21.2 Å². The summed E-state index contributed by atoms with van der Waals surface area (Å²) in [6.45, 7) is -0.248. The van der Waals surface area contributed by atoms with Gasteiger partial charge in [0.25, 0.3) is 5.91 Å². The van der Waals surface area contributed by atoms with Crippen molar-refractivity contribution >= 4 is 27.5 Å². The molecule has 0 spiro atoms. The van der Waals surface area contributed by atoms with Gasteiger partial charge >= 0.3 is 0 Å². The van der Waals surface area contributed by atoms with Crippen molar-refractivity contribution in [3.05, 3.63) is 58.3 Å². The van der Waals surface area contributed by atoms with Gasteiger partial charge in [-0.1, -0.05) is 0 Å². The molecular formula is C15H10BrFN2O2. The molecule has 6 heteroatoms. The van der Waals surface area contributed by atoms with Crippen LogP contribution in [0.4, 0.5) is 10.1 Å². The Hall–Kier alpha value is -2.39. The van der Waals surface area contributed by atoms with Crippen LogP contribution >= 0.6 is 15.9 Å². The van der Waals surface area contributed by atoms with Crippen molar-refractivity contribution in [3.63, 3.8) is 0 Å². The molecule has 1 N–H and O–H groups in total. The summed E-state index contributed by atoms with van der Waals surface area (Å²) in [6.07, 6.45) is 0. The first-order valence-corrected chi connectivity index (χ1v) is 6.75. The third-order valence-corrected chi connectivity index (χ3v) is 3.20. The van der Waals surface area contributed by atoms with Crippen LogP contribution < -0.4 is 10.1 Å². The number of carbonyl (C=O) groups is 1. The Labute approximate surface area is 129 Å². The molecule has 0 unspecified atom stereocenters. The molecular weight excluding hydrogens is 339 g/mol. The molecule has 2 aromatic carbocycles. The minimum absolute atomic E-state index is 0.248. The quantitative estimate of drug-likeness (QED) is 0.919. The number of benzene rings is 2. The molecule has 0 heterocycles. The summed E-state index contributed by atoms with van der Waals surface area (Å²) in [7, 11) is 0. The average molecular weight is 349 g/mol. The second kappa shape index (κ2) is 6.86. The van der Waals surface area contributed by atoms with Crippen molar-refractivity contribution < 1.29 is 13.9 Å². The molecule has 21 heavy (non-hydrogen) atoms. The van der Waals surface area contributed by atoms with E-state index < -0.39 is 5.82 Å². The van der Waals surface area contributed by atoms with E-state index in [9.17, 15) is 9.18 Å². The lowest BCUT2D eigenvalue weighted by molar-refractivity contribution is -0.118. The molecule has 0 aromatic heterocycles. The van der Waals surface area contributed by atoms with Gasteiger partial charge in [0.2, 0.25) is 0 Å². The zero-order valence-corrected chi connectivity index (χ0v) is 12.4. The number of rotatable bonds is 4. The molecule has 0 aliphatic carbocycles. The van der Waals surface area contributed by atoms with E-state index in [0.29, 0.717) is 15.7 Å². The van der Waals surface area contributed by atoms with Gasteiger partial charge < -0.3 is 10.1 Å². The standard InChI is InChI=1S/C15H10BrFN2O2/c16-13-6-3-11(17)7-14(13)21-9-15(20)19-12-4-1-10(8-18)2-5-12/h1-7H,9H2,(H,19,20). The van der Waals surface area contributed by atoms with Crippen LogP contribution in [-0.2, 0) is 4.79 Å². The third-order valence-electron chi connectivity index (χ3n) is 2.55. The number of hydrogen-bond acceptors (Lipinski definition) is 3. The Morgan fingerprint density at radius 2 is 2.00 bits per heavy atom. The normalized spacial score (nSPS) is 9.76. The van der Waals surface area contributed by atoms with Crippen LogP contribution in [0, 0.1) is 17.1 Å². The topological polar surface area (TPSA) is 62.1 Å². The van der Waals surface area contributed by atoms with E-state index in [4.69, 9.17) is 10.00 Å². The molecule has 4 nitrogen and oxygen atoms in total. The smallest absolute Gasteiger partial charge is 0.262 e. The monoisotopic (exact) mass is 348 g/mol. The molecule has 0 saturated carbocycles. The minimum Gasteiger partial charge on any atom is -0.482 e. The fourth-order valence-corrected chi connectivity index (χ4v) is 1.92. The van der Waals surface area contributed by atoms with Crippen LogP contribution in [0.3, 0.4) is 0 Å². The molecule has 0 fully saturated rings. The molecule has 0 bridgehead atoms. The number of hydrogen-bond donors (Lipinski definition) is 1. The molecule has 2 aromatic rings. The van der Waals surface area contributed by atoms with Gasteiger partial charge in [0.1, 0.15) is 11.6 Å². The van der Waals surface area contributed by atoms with Gasteiger partial charge in [0.15, 0.2) is 6.61 Å². The van der Waals surface area contributed by atoms with Gasteiger partial charge in [0.05, 0.1) is 16.1 Å². The lowest BCUT2D eigenvalue weighted by Gasteiger charge is -2.09. The van der Waals surface area contributed by atoms with Gasteiger partial charge in [-0.3, -0.25) is 4.79 Å². The van der Waals surface area contributed by atoms with Crippen LogP contribution in [0.5, 0.6) is 5.75 Å². The molecule has 0 atom stereocenters. The number of nitrogens with one attached hydrogen (secondary N) is 1. The van der Waals surface area contributed by atoms with E-state index in [1.165, 1.54) is 18.2 Å². The van der Waals surface area contributed by atoms with Crippen molar-refractivity contribution in [2.24, 2.45) is 0 Å². The highest BCUT2D eigenvalue weighted by atomic mass is 79.9. The SMILES string of the molecule is N#Cc1ccc(NC(=O)COc2cc(F)ccc2Br)cc1. The van der Waals surface area contributed by atoms with Gasteiger partial charge in [-0.25, -0.2) is 4.39 Å². The lowest BCUT2D eigenvalue weighted by atomic mass is 10.2. The highest BCUT2D eigenvalue weighted by Crippen LogP contribution is 2.25. The Morgan fingerprint density at radius 3 is 2.67 bits per heavy atom. The first-order valence-electron chi connectivity index (χ1n) is 5.96. The predicted molar refractivity (Wildman–Crippen MR) is 79.4 cm³/mol. The predicted octanol–water partition coefficient (Wildman–Crippen LogP) is 3.48. The Kier molecular flexibility index (Phi) is 4.90. The van der Waals surface area contributed by atoms with Crippen LogP contribution in [0.25, 0.3) is 0 Å². The summed E-state index contributed by atoms with van der Waals surface area (Å²) in [5.41, 5.74) is 1.06. The molecule has 0 saturated heterocycles. The first kappa shape index (κ1) is 15.0. The van der Waals surface area contributed by atoms with Crippen molar-refractivity contribution in [3.8, 4) is 11.8 Å². The van der Waals surface area contributed by atoms with Crippen LogP contribution in [0.1, 0.15) is 5.56 Å². The minimum atomic E-state index is -0.444. The maximum atomic E-state index is 13.1. The van der Waals surface area contributed by atoms with Crippen LogP contribution in [0.2, 0.25) is 0 Å². The number of amides is 1. The number of nitrogens with zero attached hydrogens (tertiary/aromatic N) is 1. The van der Waals surface area contributed by atoms with Crippen molar-refractivity contribution in [1.29, 1.82) is 5.26 Å². The summed E-state index contributed by atoms with van der Waals surface area (Å²) >= 11 is 3.21. The highest BCUT2D eigenvalue weighted by Gasteiger charge is 2.07. The van der Waals surface area contributed by atoms with Crippen molar-refractivity contribution in [2.75, 3.05) is 11.9 Å². The average Bonchev–Trinajstić information content (AvgIpc) is 2.49. The lowest BCUT2D eigenvalue weighted by Crippen LogP contribution is -2.20. The number of carbonyl (C=O) groups excluding carboxylic acids is 1. The first-order chi connectivity index (χ1) is 10.1. The Balaban J connectivity index is 1.92. The second-order valence-corrected chi connectivity index (χ2v) is 4.96. The van der Waals surface area contributed by atoms with Gasteiger partial charge in [-0.05, 0) is 52.3 Å². The fourth-order valence-electron chi connectivity index (χ4n) is 1.56.